The summed E-state index contributed by atoms with van der Waals surface area (Å²) in [5, 5.41) is 0. The van der Waals surface area contributed by atoms with E-state index in [1.807, 2.05) is 13.0 Å². The van der Waals surface area contributed by atoms with Crippen LogP contribution in [0.2, 0.25) is 0 Å². The minimum absolute atomic E-state index is 0.198. The fourth-order valence-electron chi connectivity index (χ4n) is 2.77. The van der Waals surface area contributed by atoms with Crippen molar-refractivity contribution in [3.63, 3.8) is 0 Å². The predicted molar refractivity (Wildman–Crippen MR) is 74.5 cm³/mol. The Labute approximate surface area is 108 Å². The zero-order chi connectivity index (χ0) is 13.3. The van der Waals surface area contributed by atoms with Gasteiger partial charge >= 0.3 is 0 Å². The van der Waals surface area contributed by atoms with Gasteiger partial charge in [0.05, 0.1) is 5.69 Å². The lowest BCUT2D eigenvalue weighted by atomic mass is 10.0. The summed E-state index contributed by atoms with van der Waals surface area (Å²) < 4.78 is 14.0. The quantitative estimate of drug-likeness (QED) is 0.818. The Morgan fingerprint density at radius 1 is 1.28 bits per heavy atom. The average Bonchev–Trinajstić information content (AvgIpc) is 2.28. The molecular formula is C14H22FN3. The largest absolute Gasteiger partial charge is 0.399 e. The highest BCUT2D eigenvalue weighted by molar-refractivity contribution is 5.60. The number of rotatable bonds is 2. The highest BCUT2D eigenvalue weighted by atomic mass is 19.1. The van der Waals surface area contributed by atoms with Crippen LogP contribution in [-0.4, -0.2) is 38.1 Å². The molecule has 1 aromatic rings. The van der Waals surface area contributed by atoms with Crippen molar-refractivity contribution in [1.82, 2.24) is 4.90 Å². The van der Waals surface area contributed by atoms with Crippen LogP contribution in [0.5, 0.6) is 0 Å². The van der Waals surface area contributed by atoms with E-state index in [1.165, 1.54) is 6.07 Å². The number of hydrogen-bond donors (Lipinski definition) is 1. The second-order valence-electron chi connectivity index (χ2n) is 5.35. The minimum Gasteiger partial charge on any atom is -0.399 e. The molecule has 0 saturated carbocycles. The zero-order valence-electron chi connectivity index (χ0n) is 11.4. The van der Waals surface area contributed by atoms with Gasteiger partial charge in [-0.25, -0.2) is 4.39 Å². The molecule has 18 heavy (non-hydrogen) atoms. The monoisotopic (exact) mass is 251 g/mol. The van der Waals surface area contributed by atoms with Gasteiger partial charge in [-0.15, -0.1) is 0 Å². The summed E-state index contributed by atoms with van der Waals surface area (Å²) in [6.07, 6.45) is 2.16. The molecule has 3 nitrogen and oxygen atoms in total. The van der Waals surface area contributed by atoms with Gasteiger partial charge in [-0.1, -0.05) is 0 Å². The SMILES string of the molecule is Cc1cc(N)cc(F)c1N1CCC(N(C)C)CC1. The number of nitrogens with two attached hydrogens (primary N) is 1. The van der Waals surface area contributed by atoms with Crippen LogP contribution in [0.1, 0.15) is 18.4 Å². The molecular weight excluding hydrogens is 229 g/mol. The van der Waals surface area contributed by atoms with Crippen LogP contribution in [0.4, 0.5) is 15.8 Å². The van der Waals surface area contributed by atoms with E-state index in [0.717, 1.165) is 37.2 Å². The maximum Gasteiger partial charge on any atom is 0.148 e. The second kappa shape index (κ2) is 5.14. The molecule has 2 N–H and O–H groups in total. The van der Waals surface area contributed by atoms with Crippen LogP contribution in [0.3, 0.4) is 0 Å². The molecule has 1 aromatic carbocycles. The fourth-order valence-corrected chi connectivity index (χ4v) is 2.77. The lowest BCUT2D eigenvalue weighted by Crippen LogP contribution is -2.42. The van der Waals surface area contributed by atoms with Crippen LogP contribution < -0.4 is 10.6 Å². The molecule has 0 unspecified atom stereocenters. The van der Waals surface area contributed by atoms with Gasteiger partial charge in [-0.2, -0.15) is 0 Å². The highest BCUT2D eigenvalue weighted by Crippen LogP contribution is 2.29. The standard InChI is InChI=1S/C14H22FN3/c1-10-8-11(16)9-13(15)14(10)18-6-4-12(5-7-18)17(2)3/h8-9,12H,4-7,16H2,1-3H3. The number of nitrogen functional groups attached to an aromatic ring is 1. The molecule has 4 heteroatoms. The average molecular weight is 251 g/mol. The molecule has 0 atom stereocenters. The van der Waals surface area contributed by atoms with Crippen molar-refractivity contribution in [3.8, 4) is 0 Å². The molecule has 0 bridgehead atoms. The second-order valence-corrected chi connectivity index (χ2v) is 5.35. The lowest BCUT2D eigenvalue weighted by Gasteiger charge is -2.37. The molecule has 0 radical (unpaired) electrons. The minimum atomic E-state index is -0.198. The summed E-state index contributed by atoms with van der Waals surface area (Å²) in [7, 11) is 4.21. The van der Waals surface area contributed by atoms with Crippen molar-refractivity contribution in [1.29, 1.82) is 0 Å². The maximum absolute atomic E-state index is 14.0. The molecule has 0 amide bonds. The molecule has 1 saturated heterocycles. The van der Waals surface area contributed by atoms with Crippen LogP contribution in [0.25, 0.3) is 0 Å². The Morgan fingerprint density at radius 3 is 2.39 bits per heavy atom. The number of halogens is 1. The first-order valence-electron chi connectivity index (χ1n) is 6.46. The summed E-state index contributed by atoms with van der Waals surface area (Å²) in [4.78, 5) is 4.40. The summed E-state index contributed by atoms with van der Waals surface area (Å²) >= 11 is 0. The number of hydrogen-bond acceptors (Lipinski definition) is 3. The molecule has 1 heterocycles. The van der Waals surface area contributed by atoms with E-state index in [9.17, 15) is 4.39 Å². The van der Waals surface area contributed by atoms with Crippen molar-refractivity contribution in [2.24, 2.45) is 0 Å². The van der Waals surface area contributed by atoms with Gasteiger partial charge in [-0.05, 0) is 51.6 Å². The van der Waals surface area contributed by atoms with E-state index in [-0.39, 0.29) is 5.82 Å². The predicted octanol–water partition coefficient (Wildman–Crippen LogP) is 2.25. The maximum atomic E-state index is 14.0. The summed E-state index contributed by atoms with van der Waals surface area (Å²) in [6.45, 7) is 3.74. The van der Waals surface area contributed by atoms with Gasteiger partial charge < -0.3 is 15.5 Å². The smallest absolute Gasteiger partial charge is 0.148 e. The fraction of sp³-hybridized carbons (Fsp3) is 0.571. The molecule has 0 aliphatic carbocycles. The molecule has 100 valence electrons. The summed E-state index contributed by atoms with van der Waals surface area (Å²) in [5.74, 6) is -0.198. The Hall–Kier alpha value is -1.29. The van der Waals surface area contributed by atoms with E-state index in [1.54, 1.807) is 0 Å². The van der Waals surface area contributed by atoms with Gasteiger partial charge in [0.2, 0.25) is 0 Å². The Bertz CT molecular complexity index is 400. The lowest BCUT2D eigenvalue weighted by molar-refractivity contribution is 0.249. The Balaban J connectivity index is 2.15. The van der Waals surface area contributed by atoms with E-state index < -0.39 is 0 Å². The van der Waals surface area contributed by atoms with Crippen molar-refractivity contribution >= 4 is 11.4 Å². The molecule has 2 rings (SSSR count). The molecule has 1 aliphatic rings. The van der Waals surface area contributed by atoms with Gasteiger partial charge in [-0.3, -0.25) is 0 Å². The molecule has 0 spiro atoms. The number of piperidine rings is 1. The van der Waals surface area contributed by atoms with Crippen molar-refractivity contribution in [3.05, 3.63) is 23.5 Å². The van der Waals surface area contributed by atoms with E-state index in [2.05, 4.69) is 23.9 Å². The van der Waals surface area contributed by atoms with E-state index in [0.29, 0.717) is 11.7 Å². The third-order valence-electron chi connectivity index (χ3n) is 3.79. The third kappa shape index (κ3) is 2.58. The third-order valence-corrected chi connectivity index (χ3v) is 3.79. The Morgan fingerprint density at radius 2 is 1.89 bits per heavy atom. The Kier molecular flexibility index (Phi) is 3.76. The first kappa shape index (κ1) is 13.1. The van der Waals surface area contributed by atoms with Crippen molar-refractivity contribution in [2.45, 2.75) is 25.8 Å². The van der Waals surface area contributed by atoms with Crippen LogP contribution in [0.15, 0.2) is 12.1 Å². The van der Waals surface area contributed by atoms with Gasteiger partial charge in [0.15, 0.2) is 0 Å². The number of nitrogens with zero attached hydrogens (tertiary/aromatic N) is 2. The normalized spacial score (nSPS) is 17.5. The van der Waals surface area contributed by atoms with Crippen LogP contribution in [-0.2, 0) is 0 Å². The number of aryl methyl sites for hydroxylation is 1. The number of benzene rings is 1. The first-order valence-corrected chi connectivity index (χ1v) is 6.46. The van der Waals surface area contributed by atoms with E-state index >= 15 is 0 Å². The zero-order valence-corrected chi connectivity index (χ0v) is 11.4. The summed E-state index contributed by atoms with van der Waals surface area (Å²) in [6, 6.07) is 3.87. The molecule has 0 aromatic heterocycles. The van der Waals surface area contributed by atoms with Crippen molar-refractivity contribution < 1.29 is 4.39 Å². The van der Waals surface area contributed by atoms with Gasteiger partial charge in [0.1, 0.15) is 5.82 Å². The van der Waals surface area contributed by atoms with Crippen LogP contribution >= 0.6 is 0 Å². The molecule has 1 fully saturated rings. The first-order chi connectivity index (χ1) is 8.49. The highest BCUT2D eigenvalue weighted by Gasteiger charge is 2.23. The topological polar surface area (TPSA) is 32.5 Å². The van der Waals surface area contributed by atoms with Crippen LogP contribution in [0, 0.1) is 12.7 Å². The van der Waals surface area contributed by atoms with Crippen molar-refractivity contribution in [2.75, 3.05) is 37.8 Å². The molecule has 1 aliphatic heterocycles. The number of anilines is 2. The van der Waals surface area contributed by atoms with E-state index in [4.69, 9.17) is 5.73 Å². The van der Waals surface area contributed by atoms with Gasteiger partial charge in [0, 0.05) is 24.8 Å². The van der Waals surface area contributed by atoms with Gasteiger partial charge in [0.25, 0.3) is 0 Å². The summed E-state index contributed by atoms with van der Waals surface area (Å²) in [5.41, 5.74) is 7.80.